The SMILES string of the molecule is O=CN[C@@H](CN[C@@H]1C=C(CO)C(O)[C@H](O)C1O)C(O)c1ccccc1. The average Bonchev–Trinajstić information content (AvgIpc) is 2.64. The van der Waals surface area contributed by atoms with Crippen LogP contribution in [0.2, 0.25) is 0 Å². The molecule has 138 valence electrons. The van der Waals surface area contributed by atoms with E-state index in [1.807, 2.05) is 6.07 Å². The smallest absolute Gasteiger partial charge is 0.207 e. The van der Waals surface area contributed by atoms with E-state index < -0.39 is 43.1 Å². The Morgan fingerprint density at radius 3 is 2.40 bits per heavy atom. The van der Waals surface area contributed by atoms with Gasteiger partial charge in [0.1, 0.15) is 24.4 Å². The van der Waals surface area contributed by atoms with Gasteiger partial charge in [0.2, 0.25) is 6.41 Å². The van der Waals surface area contributed by atoms with Crippen molar-refractivity contribution in [3.63, 3.8) is 0 Å². The molecule has 1 aromatic carbocycles. The highest BCUT2D eigenvalue weighted by Gasteiger charge is 2.37. The molecule has 0 spiro atoms. The van der Waals surface area contributed by atoms with Gasteiger partial charge in [0.05, 0.1) is 18.7 Å². The van der Waals surface area contributed by atoms with Crippen molar-refractivity contribution in [2.45, 2.75) is 36.5 Å². The normalized spacial score (nSPS) is 28.8. The zero-order chi connectivity index (χ0) is 18.4. The predicted molar refractivity (Wildman–Crippen MR) is 89.4 cm³/mol. The van der Waals surface area contributed by atoms with Gasteiger partial charge in [0.15, 0.2) is 0 Å². The van der Waals surface area contributed by atoms with E-state index in [4.69, 9.17) is 0 Å². The fourth-order valence-electron chi connectivity index (χ4n) is 2.87. The van der Waals surface area contributed by atoms with Crippen LogP contribution in [0.4, 0.5) is 0 Å². The summed E-state index contributed by atoms with van der Waals surface area (Å²) < 4.78 is 0. The summed E-state index contributed by atoms with van der Waals surface area (Å²) in [6.45, 7) is -0.361. The molecule has 8 heteroatoms. The maximum Gasteiger partial charge on any atom is 0.207 e. The molecule has 6 atom stereocenters. The van der Waals surface area contributed by atoms with Crippen LogP contribution in [0.1, 0.15) is 11.7 Å². The lowest BCUT2D eigenvalue weighted by Crippen LogP contribution is -2.56. The maximum atomic E-state index is 10.8. The van der Waals surface area contributed by atoms with Gasteiger partial charge in [-0.25, -0.2) is 0 Å². The van der Waals surface area contributed by atoms with Gasteiger partial charge in [0, 0.05) is 6.54 Å². The molecule has 25 heavy (non-hydrogen) atoms. The van der Waals surface area contributed by atoms with Crippen LogP contribution in [0.15, 0.2) is 42.0 Å². The van der Waals surface area contributed by atoms with Crippen LogP contribution in [-0.4, -0.2) is 75.5 Å². The van der Waals surface area contributed by atoms with Crippen molar-refractivity contribution in [2.75, 3.05) is 13.2 Å². The number of aliphatic hydroxyl groups excluding tert-OH is 5. The predicted octanol–water partition coefficient (Wildman–Crippen LogP) is -2.19. The molecule has 0 aromatic heterocycles. The summed E-state index contributed by atoms with van der Waals surface area (Å²) in [5.74, 6) is 0. The third-order valence-corrected chi connectivity index (χ3v) is 4.38. The highest BCUT2D eigenvalue weighted by molar-refractivity contribution is 5.47. The molecule has 0 saturated heterocycles. The Hall–Kier alpha value is -1.81. The summed E-state index contributed by atoms with van der Waals surface area (Å²) in [5, 5.41) is 54.8. The molecule has 1 aromatic rings. The standard InChI is InChI=1S/C17H24N2O6/c20-8-11-6-12(16(24)17(25)15(11)23)18-7-13(19-9-21)14(22)10-4-2-1-3-5-10/h1-6,9,12-18,20,22-25H,7-8H2,(H,19,21)/t12-,13+,14?,15?,16?,17+/m1/s1. The molecule has 1 aliphatic carbocycles. The van der Waals surface area contributed by atoms with Gasteiger partial charge >= 0.3 is 0 Å². The van der Waals surface area contributed by atoms with E-state index in [1.165, 1.54) is 6.08 Å². The Bertz CT molecular complexity index is 582. The minimum Gasteiger partial charge on any atom is -0.392 e. The molecule has 1 aliphatic rings. The molecule has 0 heterocycles. The largest absolute Gasteiger partial charge is 0.392 e. The Morgan fingerprint density at radius 1 is 1.12 bits per heavy atom. The zero-order valence-corrected chi connectivity index (χ0v) is 13.6. The lowest BCUT2D eigenvalue weighted by atomic mass is 9.88. The first-order valence-electron chi connectivity index (χ1n) is 8.01. The first-order chi connectivity index (χ1) is 12.0. The monoisotopic (exact) mass is 352 g/mol. The molecule has 0 saturated carbocycles. The van der Waals surface area contributed by atoms with Gasteiger partial charge in [0.25, 0.3) is 0 Å². The van der Waals surface area contributed by atoms with E-state index in [0.717, 1.165) is 0 Å². The van der Waals surface area contributed by atoms with Crippen molar-refractivity contribution in [1.29, 1.82) is 0 Å². The summed E-state index contributed by atoms with van der Waals surface area (Å²) in [5.41, 5.74) is 0.814. The van der Waals surface area contributed by atoms with E-state index >= 15 is 0 Å². The Morgan fingerprint density at radius 2 is 1.80 bits per heavy atom. The minimum absolute atomic E-state index is 0.0918. The second kappa shape index (κ2) is 9.04. The molecule has 3 unspecified atom stereocenters. The fourth-order valence-corrected chi connectivity index (χ4v) is 2.87. The summed E-state index contributed by atoms with van der Waals surface area (Å²) in [4.78, 5) is 10.8. The van der Waals surface area contributed by atoms with Gasteiger partial charge < -0.3 is 36.2 Å². The number of carbonyl (C=O) groups excluding carboxylic acids is 1. The Labute approximate surface area is 145 Å². The molecule has 0 aliphatic heterocycles. The first kappa shape index (κ1) is 19.5. The second-order valence-electron chi connectivity index (χ2n) is 6.01. The molecular formula is C17H24N2O6. The number of hydrogen-bond donors (Lipinski definition) is 7. The van der Waals surface area contributed by atoms with E-state index in [2.05, 4.69) is 10.6 Å². The quantitative estimate of drug-likeness (QED) is 0.208. The average molecular weight is 352 g/mol. The second-order valence-corrected chi connectivity index (χ2v) is 6.01. The van der Waals surface area contributed by atoms with Crippen LogP contribution >= 0.6 is 0 Å². The minimum atomic E-state index is -1.44. The maximum absolute atomic E-state index is 10.8. The number of nitrogens with one attached hydrogen (secondary N) is 2. The number of hydrogen-bond acceptors (Lipinski definition) is 7. The van der Waals surface area contributed by atoms with E-state index in [-0.39, 0.29) is 12.1 Å². The van der Waals surface area contributed by atoms with Crippen LogP contribution < -0.4 is 10.6 Å². The van der Waals surface area contributed by atoms with Gasteiger partial charge in [-0.1, -0.05) is 36.4 Å². The number of amides is 1. The number of aliphatic hydroxyl groups is 5. The molecule has 2 rings (SSSR count). The van der Waals surface area contributed by atoms with E-state index in [1.54, 1.807) is 24.3 Å². The van der Waals surface area contributed by atoms with Crippen LogP contribution in [0.3, 0.4) is 0 Å². The van der Waals surface area contributed by atoms with Crippen molar-refractivity contribution in [1.82, 2.24) is 10.6 Å². The number of benzene rings is 1. The van der Waals surface area contributed by atoms with Crippen LogP contribution in [0, 0.1) is 0 Å². The van der Waals surface area contributed by atoms with Gasteiger partial charge in [-0.2, -0.15) is 0 Å². The van der Waals surface area contributed by atoms with Crippen LogP contribution in [-0.2, 0) is 4.79 Å². The third-order valence-electron chi connectivity index (χ3n) is 4.38. The summed E-state index contributed by atoms with van der Waals surface area (Å²) in [6, 6.07) is 7.36. The fraction of sp³-hybridized carbons (Fsp3) is 0.471. The van der Waals surface area contributed by atoms with Crippen molar-refractivity contribution < 1.29 is 30.3 Å². The first-order valence-corrected chi connectivity index (χ1v) is 8.01. The molecule has 8 nitrogen and oxygen atoms in total. The van der Waals surface area contributed by atoms with Crippen molar-refractivity contribution in [2.24, 2.45) is 0 Å². The lowest BCUT2D eigenvalue weighted by molar-refractivity contribution is -0.111. The topological polar surface area (TPSA) is 142 Å². The zero-order valence-electron chi connectivity index (χ0n) is 13.6. The van der Waals surface area contributed by atoms with Crippen LogP contribution in [0.25, 0.3) is 0 Å². The number of carbonyl (C=O) groups is 1. The molecule has 1 amide bonds. The van der Waals surface area contributed by atoms with Gasteiger partial charge in [-0.05, 0) is 11.1 Å². The van der Waals surface area contributed by atoms with Gasteiger partial charge in [-0.15, -0.1) is 0 Å². The highest BCUT2D eigenvalue weighted by Crippen LogP contribution is 2.21. The van der Waals surface area contributed by atoms with E-state index in [0.29, 0.717) is 12.0 Å². The highest BCUT2D eigenvalue weighted by atomic mass is 16.4. The Balaban J connectivity index is 2.07. The molecular weight excluding hydrogens is 328 g/mol. The van der Waals surface area contributed by atoms with Gasteiger partial charge in [-0.3, -0.25) is 4.79 Å². The molecule has 0 radical (unpaired) electrons. The van der Waals surface area contributed by atoms with Crippen molar-refractivity contribution in [3.8, 4) is 0 Å². The lowest BCUT2D eigenvalue weighted by Gasteiger charge is -2.35. The molecule has 0 bridgehead atoms. The molecule has 7 N–H and O–H groups in total. The summed E-state index contributed by atoms with van der Waals surface area (Å²) in [7, 11) is 0. The third kappa shape index (κ3) is 4.63. The van der Waals surface area contributed by atoms with Crippen molar-refractivity contribution >= 4 is 6.41 Å². The summed E-state index contributed by atoms with van der Waals surface area (Å²) >= 11 is 0. The van der Waals surface area contributed by atoms with E-state index in [9.17, 15) is 30.3 Å². The Kier molecular flexibility index (Phi) is 7.06. The summed E-state index contributed by atoms with van der Waals surface area (Å²) in [6.07, 6.45) is -3.14. The molecule has 0 fully saturated rings. The number of rotatable bonds is 8. The van der Waals surface area contributed by atoms with Crippen LogP contribution in [0.5, 0.6) is 0 Å². The van der Waals surface area contributed by atoms with Crippen molar-refractivity contribution in [3.05, 3.63) is 47.5 Å².